The fraction of sp³-hybridized carbons (Fsp3) is 0.391. The molecule has 2 heterocycles. The van der Waals surface area contributed by atoms with E-state index in [1.807, 2.05) is 4.90 Å². The maximum atomic E-state index is 14.2. The van der Waals surface area contributed by atoms with E-state index >= 15 is 0 Å². The van der Waals surface area contributed by atoms with Gasteiger partial charge >= 0.3 is 18.5 Å². The summed E-state index contributed by atoms with van der Waals surface area (Å²) in [6.45, 7) is 2.37. The lowest BCUT2D eigenvalue weighted by Gasteiger charge is -2.30. The quantitative estimate of drug-likeness (QED) is 0.261. The van der Waals surface area contributed by atoms with E-state index in [0.717, 1.165) is 0 Å². The van der Waals surface area contributed by atoms with Gasteiger partial charge in [-0.05, 0) is 35.9 Å². The van der Waals surface area contributed by atoms with E-state index in [2.05, 4.69) is 15.0 Å². The highest BCUT2D eigenvalue weighted by atomic mass is 19.4. The number of morpholine rings is 1. The zero-order valence-corrected chi connectivity index (χ0v) is 18.7. The third-order valence-corrected chi connectivity index (χ3v) is 5.86. The Hall–Kier alpha value is -3.29. The van der Waals surface area contributed by atoms with Crippen molar-refractivity contribution in [2.24, 2.45) is 10.1 Å². The number of hydrogen-bond donors (Lipinski definition) is 0. The molecule has 0 aliphatic carbocycles. The van der Waals surface area contributed by atoms with Crippen LogP contribution in [0, 0.1) is 0 Å². The molecule has 5 nitrogen and oxygen atoms in total. The van der Waals surface area contributed by atoms with E-state index in [1.54, 1.807) is 6.34 Å². The summed E-state index contributed by atoms with van der Waals surface area (Å²) >= 11 is 0. The lowest BCUT2D eigenvalue weighted by atomic mass is 9.84. The predicted octanol–water partition coefficient (Wildman–Crippen LogP) is 6.30. The number of alkyl halides is 9. The van der Waals surface area contributed by atoms with Crippen molar-refractivity contribution >= 4 is 17.7 Å². The highest BCUT2D eigenvalue weighted by Gasteiger charge is 2.63. The Morgan fingerprint density at radius 1 is 0.838 bits per heavy atom. The summed E-state index contributed by atoms with van der Waals surface area (Å²) in [6, 6.07) is 5.49. The minimum atomic E-state index is -5.40. The van der Waals surface area contributed by atoms with Gasteiger partial charge in [-0.25, -0.2) is 4.99 Å². The van der Waals surface area contributed by atoms with Crippen molar-refractivity contribution in [2.75, 3.05) is 26.3 Å². The van der Waals surface area contributed by atoms with Gasteiger partial charge in [0.1, 0.15) is 0 Å². The summed E-state index contributed by atoms with van der Waals surface area (Å²) in [6.07, 6.45) is -15.6. The average Bonchev–Trinajstić information content (AvgIpc) is 3.30. The molecule has 0 N–H and O–H groups in total. The summed E-state index contributed by atoms with van der Waals surface area (Å²) in [5.41, 5.74) is -8.37. The molecule has 2 aliphatic rings. The van der Waals surface area contributed by atoms with Gasteiger partial charge in [0.15, 0.2) is 0 Å². The number of hydrogen-bond acceptors (Lipinski definition) is 4. The Morgan fingerprint density at radius 3 is 1.92 bits per heavy atom. The monoisotopic (exact) mass is 539 g/mol. The van der Waals surface area contributed by atoms with Crippen molar-refractivity contribution in [3.63, 3.8) is 0 Å². The van der Waals surface area contributed by atoms with Crippen molar-refractivity contribution in [1.82, 2.24) is 4.90 Å². The Bertz CT molecular complexity index is 1150. The zero-order chi connectivity index (χ0) is 27.1. The summed E-state index contributed by atoms with van der Waals surface area (Å²) in [5.74, 6) is 0. The number of benzene rings is 2. The van der Waals surface area contributed by atoms with Gasteiger partial charge in [0, 0.05) is 25.1 Å². The summed E-state index contributed by atoms with van der Waals surface area (Å²) < 4.78 is 127. The molecule has 0 amide bonds. The number of halogens is 9. The van der Waals surface area contributed by atoms with Gasteiger partial charge in [-0.1, -0.05) is 17.3 Å². The highest BCUT2D eigenvalue weighted by molar-refractivity contribution is 6.02. The average molecular weight is 539 g/mol. The topological polar surface area (TPSA) is 46.4 Å². The molecule has 1 unspecified atom stereocenters. The predicted molar refractivity (Wildman–Crippen MR) is 113 cm³/mol. The zero-order valence-electron chi connectivity index (χ0n) is 18.7. The molecule has 4 rings (SSSR count). The van der Waals surface area contributed by atoms with Crippen molar-refractivity contribution < 1.29 is 49.1 Å². The van der Waals surface area contributed by atoms with Crippen LogP contribution in [0.4, 0.5) is 45.2 Å². The van der Waals surface area contributed by atoms with Gasteiger partial charge in [0.05, 0.1) is 42.1 Å². The molecule has 1 atom stereocenters. The number of nitrogens with zero attached hydrogens (tertiary/aromatic N) is 3. The molecule has 2 aliphatic heterocycles. The molecule has 0 bridgehead atoms. The molecule has 0 spiro atoms. The van der Waals surface area contributed by atoms with E-state index in [0.29, 0.717) is 32.0 Å². The van der Waals surface area contributed by atoms with E-state index in [-0.39, 0.29) is 29.5 Å². The van der Waals surface area contributed by atoms with Crippen molar-refractivity contribution in [3.05, 3.63) is 64.7 Å². The molecule has 37 heavy (non-hydrogen) atoms. The van der Waals surface area contributed by atoms with E-state index in [9.17, 15) is 39.5 Å². The Morgan fingerprint density at radius 2 is 1.41 bits per heavy atom. The van der Waals surface area contributed by atoms with Gasteiger partial charge in [0.2, 0.25) is 0 Å². The van der Waals surface area contributed by atoms with E-state index in [1.165, 1.54) is 24.3 Å². The Kier molecular flexibility index (Phi) is 6.90. The van der Waals surface area contributed by atoms with Crippen LogP contribution in [-0.2, 0) is 27.5 Å². The fourth-order valence-corrected chi connectivity index (χ4v) is 3.83. The van der Waals surface area contributed by atoms with Crippen LogP contribution in [0.2, 0.25) is 0 Å². The lowest BCUT2D eigenvalue weighted by molar-refractivity contribution is -0.276. The fourth-order valence-electron chi connectivity index (χ4n) is 3.83. The molecule has 1 fully saturated rings. The number of oxime groups is 1. The van der Waals surface area contributed by atoms with E-state index < -0.39 is 47.2 Å². The first-order valence-electron chi connectivity index (χ1n) is 10.8. The SMILES string of the molecule is FC(F)(F)c1cc(C(F)(F)F)cc(C2(C(F)(F)F)CC(c3ccc(N=CN4CCOCC4)cc3)=NO2)c1. The largest absolute Gasteiger partial charge is 0.435 e. The van der Waals surface area contributed by atoms with Crippen LogP contribution in [0.25, 0.3) is 0 Å². The van der Waals surface area contributed by atoms with Crippen molar-refractivity contribution in [1.29, 1.82) is 0 Å². The van der Waals surface area contributed by atoms with Crippen LogP contribution in [0.1, 0.15) is 28.7 Å². The third kappa shape index (κ3) is 5.68. The summed E-state index contributed by atoms with van der Waals surface area (Å²) in [4.78, 5) is 10.8. The lowest BCUT2D eigenvalue weighted by Crippen LogP contribution is -2.43. The molecular weight excluding hydrogens is 521 g/mol. The number of ether oxygens (including phenoxy) is 1. The van der Waals surface area contributed by atoms with Gasteiger partial charge in [0.25, 0.3) is 5.60 Å². The second-order valence-corrected chi connectivity index (χ2v) is 8.37. The standard InChI is InChI=1S/C23H18F9N3O2/c24-21(25,26)16-9-15(10-17(11-16)22(27,28)29)20(23(30,31)32)12-19(34-37-20)14-1-3-18(4-2-14)33-13-35-5-7-36-8-6-35/h1-4,9-11,13H,5-8,12H2. The van der Waals surface area contributed by atoms with Gasteiger partial charge < -0.3 is 14.5 Å². The minimum absolute atomic E-state index is 0.00460. The Balaban J connectivity index is 1.64. The van der Waals surface area contributed by atoms with Gasteiger partial charge in [-0.15, -0.1) is 0 Å². The summed E-state index contributed by atoms with van der Waals surface area (Å²) in [7, 11) is 0. The Labute approximate surface area is 204 Å². The molecule has 200 valence electrons. The smallest absolute Gasteiger partial charge is 0.378 e. The van der Waals surface area contributed by atoms with Gasteiger partial charge in [-0.3, -0.25) is 0 Å². The molecule has 0 radical (unpaired) electrons. The molecule has 1 saturated heterocycles. The first kappa shape index (κ1) is 26.8. The molecular formula is C23H18F9N3O2. The van der Waals surface area contributed by atoms with Gasteiger partial charge in [-0.2, -0.15) is 39.5 Å². The second-order valence-electron chi connectivity index (χ2n) is 8.37. The third-order valence-electron chi connectivity index (χ3n) is 5.86. The molecule has 14 heteroatoms. The molecule has 2 aromatic carbocycles. The number of aliphatic imine (C=N–C) groups is 1. The van der Waals surface area contributed by atoms with Crippen LogP contribution in [-0.4, -0.2) is 49.4 Å². The number of rotatable bonds is 4. The van der Waals surface area contributed by atoms with Crippen molar-refractivity contribution in [2.45, 2.75) is 30.6 Å². The maximum absolute atomic E-state index is 14.2. The van der Waals surface area contributed by atoms with Crippen LogP contribution in [0.3, 0.4) is 0 Å². The second kappa shape index (κ2) is 9.54. The first-order valence-corrected chi connectivity index (χ1v) is 10.8. The van der Waals surface area contributed by atoms with Crippen LogP contribution in [0.5, 0.6) is 0 Å². The summed E-state index contributed by atoms with van der Waals surface area (Å²) in [5, 5.41) is 3.41. The van der Waals surface area contributed by atoms with Crippen molar-refractivity contribution in [3.8, 4) is 0 Å². The minimum Gasteiger partial charge on any atom is -0.378 e. The molecule has 0 saturated carbocycles. The van der Waals surface area contributed by atoms with Crippen LogP contribution >= 0.6 is 0 Å². The normalized spacial score (nSPS) is 21.3. The molecule has 0 aromatic heterocycles. The maximum Gasteiger partial charge on any atom is 0.435 e. The van der Waals surface area contributed by atoms with Crippen LogP contribution < -0.4 is 0 Å². The highest BCUT2D eigenvalue weighted by Crippen LogP contribution is 2.50. The first-order chi connectivity index (χ1) is 17.2. The van der Waals surface area contributed by atoms with E-state index in [4.69, 9.17) is 4.74 Å². The van der Waals surface area contributed by atoms with Crippen LogP contribution in [0.15, 0.2) is 52.6 Å². The molecule has 2 aromatic rings.